The number of carbonyl (C=O) groups excluding carboxylic acids is 1. The van der Waals surface area contributed by atoms with Gasteiger partial charge in [-0.2, -0.15) is 0 Å². The summed E-state index contributed by atoms with van der Waals surface area (Å²) in [6.45, 7) is 11.7. The Labute approximate surface area is 130 Å². The number of nitrogens with one attached hydrogen (secondary N) is 1. The molecule has 0 aromatic rings. The van der Waals surface area contributed by atoms with Crippen LogP contribution in [0.25, 0.3) is 0 Å². The van der Waals surface area contributed by atoms with Crippen LogP contribution in [0.4, 0.5) is 0 Å². The molecule has 2 fully saturated rings. The number of amides is 1. The predicted molar refractivity (Wildman–Crippen MR) is 88.2 cm³/mol. The van der Waals surface area contributed by atoms with Crippen molar-refractivity contribution in [3.63, 3.8) is 0 Å². The Kier molecular flexibility index (Phi) is 5.70. The molecule has 122 valence electrons. The summed E-state index contributed by atoms with van der Waals surface area (Å²) < 4.78 is 0. The van der Waals surface area contributed by atoms with Crippen molar-refractivity contribution in [3.05, 3.63) is 0 Å². The van der Waals surface area contributed by atoms with E-state index in [0.717, 1.165) is 13.1 Å². The fourth-order valence-corrected chi connectivity index (χ4v) is 4.16. The number of hydrogen-bond donors (Lipinski definition) is 1. The van der Waals surface area contributed by atoms with Crippen molar-refractivity contribution in [2.75, 3.05) is 19.6 Å². The third kappa shape index (κ3) is 4.70. The van der Waals surface area contributed by atoms with Gasteiger partial charge >= 0.3 is 0 Å². The van der Waals surface area contributed by atoms with Crippen molar-refractivity contribution < 1.29 is 4.79 Å². The highest BCUT2D eigenvalue weighted by Gasteiger charge is 2.34. The van der Waals surface area contributed by atoms with Crippen molar-refractivity contribution in [3.8, 4) is 0 Å². The number of rotatable bonds is 3. The lowest BCUT2D eigenvalue weighted by Gasteiger charge is -2.41. The number of carbonyl (C=O) groups is 1. The van der Waals surface area contributed by atoms with Crippen molar-refractivity contribution >= 4 is 5.91 Å². The molecular weight excluding hydrogens is 260 g/mol. The van der Waals surface area contributed by atoms with Gasteiger partial charge in [-0.3, -0.25) is 4.79 Å². The highest BCUT2D eigenvalue weighted by atomic mass is 16.2. The molecular formula is C18H34N2O. The van der Waals surface area contributed by atoms with Gasteiger partial charge < -0.3 is 10.2 Å². The van der Waals surface area contributed by atoms with E-state index < -0.39 is 0 Å². The van der Waals surface area contributed by atoms with Gasteiger partial charge in [0.15, 0.2) is 0 Å². The van der Waals surface area contributed by atoms with E-state index in [-0.39, 0.29) is 0 Å². The Bertz CT molecular complexity index is 348. The van der Waals surface area contributed by atoms with Crippen LogP contribution in [-0.2, 0) is 4.79 Å². The molecule has 1 aliphatic heterocycles. The zero-order valence-corrected chi connectivity index (χ0v) is 14.5. The van der Waals surface area contributed by atoms with Crippen LogP contribution < -0.4 is 5.32 Å². The maximum absolute atomic E-state index is 12.4. The Balaban J connectivity index is 1.84. The van der Waals surface area contributed by atoms with Crippen molar-refractivity contribution in [2.24, 2.45) is 17.3 Å². The van der Waals surface area contributed by atoms with Crippen molar-refractivity contribution in [1.29, 1.82) is 0 Å². The number of hydrogen-bond acceptors (Lipinski definition) is 2. The van der Waals surface area contributed by atoms with Crippen LogP contribution in [0.3, 0.4) is 0 Å². The van der Waals surface area contributed by atoms with E-state index in [1.807, 2.05) is 0 Å². The maximum Gasteiger partial charge on any atom is 0.236 e. The molecule has 1 heterocycles. The zero-order chi connectivity index (χ0) is 15.5. The van der Waals surface area contributed by atoms with E-state index in [1.54, 1.807) is 0 Å². The maximum atomic E-state index is 12.4. The lowest BCUT2D eigenvalue weighted by atomic mass is 9.69. The topological polar surface area (TPSA) is 32.3 Å². The van der Waals surface area contributed by atoms with E-state index in [2.05, 4.69) is 37.9 Å². The molecule has 1 N–H and O–H groups in total. The molecule has 3 heteroatoms. The van der Waals surface area contributed by atoms with Crippen LogP contribution >= 0.6 is 0 Å². The first-order valence-electron chi connectivity index (χ1n) is 8.89. The third-order valence-corrected chi connectivity index (χ3v) is 5.40. The first kappa shape index (κ1) is 16.8. The highest BCUT2D eigenvalue weighted by molar-refractivity contribution is 5.78. The average molecular weight is 294 g/mol. The fourth-order valence-electron chi connectivity index (χ4n) is 4.16. The number of nitrogens with zero attached hydrogens (tertiary/aromatic N) is 1. The minimum absolute atomic E-state index is 0.305. The van der Waals surface area contributed by atoms with Gasteiger partial charge in [0.25, 0.3) is 0 Å². The van der Waals surface area contributed by atoms with Crippen LogP contribution in [0, 0.1) is 17.3 Å². The smallest absolute Gasteiger partial charge is 0.236 e. The first-order valence-corrected chi connectivity index (χ1v) is 8.89. The molecule has 0 aromatic carbocycles. The Hall–Kier alpha value is -0.570. The summed E-state index contributed by atoms with van der Waals surface area (Å²) in [7, 11) is 0. The van der Waals surface area contributed by atoms with Gasteiger partial charge in [-0.1, -0.05) is 40.5 Å². The normalized spacial score (nSPS) is 31.2. The van der Waals surface area contributed by atoms with E-state index in [9.17, 15) is 4.79 Å². The lowest BCUT2D eigenvalue weighted by molar-refractivity contribution is -0.132. The third-order valence-electron chi connectivity index (χ3n) is 5.40. The van der Waals surface area contributed by atoms with Crippen LogP contribution in [0.5, 0.6) is 0 Å². The van der Waals surface area contributed by atoms with E-state index in [0.29, 0.717) is 35.7 Å². The first-order chi connectivity index (χ1) is 9.88. The van der Waals surface area contributed by atoms with Gasteiger partial charge in [-0.15, -0.1) is 0 Å². The summed E-state index contributed by atoms with van der Waals surface area (Å²) in [5, 5.41) is 3.60. The molecule has 21 heavy (non-hydrogen) atoms. The SMILES string of the molecule is C[C@@H]1CCCN(C(=O)CN[C@@H]2CCCC[C@@H]2C(C)(C)C)C1. The average Bonchev–Trinajstić information content (AvgIpc) is 2.44. The lowest BCUT2D eigenvalue weighted by Crippen LogP contribution is -2.49. The number of likely N-dealkylation sites (tertiary alicyclic amines) is 1. The van der Waals surface area contributed by atoms with Crippen LogP contribution in [0.1, 0.15) is 66.2 Å². The molecule has 0 radical (unpaired) electrons. The van der Waals surface area contributed by atoms with E-state index >= 15 is 0 Å². The molecule has 1 aliphatic carbocycles. The minimum Gasteiger partial charge on any atom is -0.341 e. The molecule has 3 nitrogen and oxygen atoms in total. The summed E-state index contributed by atoms with van der Waals surface area (Å²) in [5.74, 6) is 1.67. The molecule has 1 saturated carbocycles. The molecule has 1 amide bonds. The van der Waals surface area contributed by atoms with Gasteiger partial charge in [-0.05, 0) is 42.9 Å². The monoisotopic (exact) mass is 294 g/mol. The van der Waals surface area contributed by atoms with Crippen LogP contribution in [0.2, 0.25) is 0 Å². The van der Waals surface area contributed by atoms with Crippen molar-refractivity contribution in [1.82, 2.24) is 10.2 Å². The van der Waals surface area contributed by atoms with Crippen LogP contribution in [-0.4, -0.2) is 36.5 Å². The Morgan fingerprint density at radius 1 is 1.14 bits per heavy atom. The number of piperidine rings is 1. The Morgan fingerprint density at radius 2 is 1.86 bits per heavy atom. The molecule has 2 rings (SSSR count). The quantitative estimate of drug-likeness (QED) is 0.865. The van der Waals surface area contributed by atoms with Gasteiger partial charge in [0.05, 0.1) is 6.54 Å². The zero-order valence-electron chi connectivity index (χ0n) is 14.5. The van der Waals surface area contributed by atoms with Gasteiger partial charge in [0.2, 0.25) is 5.91 Å². The van der Waals surface area contributed by atoms with Gasteiger partial charge in [0, 0.05) is 19.1 Å². The summed E-state index contributed by atoms with van der Waals surface area (Å²) in [5.41, 5.74) is 0.334. The van der Waals surface area contributed by atoms with Crippen molar-refractivity contribution in [2.45, 2.75) is 72.3 Å². The fraction of sp³-hybridized carbons (Fsp3) is 0.944. The summed E-state index contributed by atoms with van der Waals surface area (Å²) >= 11 is 0. The molecule has 3 atom stereocenters. The summed E-state index contributed by atoms with van der Waals surface area (Å²) in [4.78, 5) is 14.5. The second kappa shape index (κ2) is 7.13. The Morgan fingerprint density at radius 3 is 2.52 bits per heavy atom. The standard InChI is InChI=1S/C18H34N2O/c1-14-8-7-11-20(13-14)17(21)12-19-16-10-6-5-9-15(16)18(2,3)4/h14-16,19H,5-13H2,1-4H3/t14-,15+,16-/m1/s1. The molecule has 0 spiro atoms. The summed E-state index contributed by atoms with van der Waals surface area (Å²) in [6, 6.07) is 0.518. The van der Waals surface area contributed by atoms with Gasteiger partial charge in [0.1, 0.15) is 0 Å². The largest absolute Gasteiger partial charge is 0.341 e. The molecule has 0 bridgehead atoms. The molecule has 1 saturated heterocycles. The predicted octanol–water partition coefficient (Wildman–Crippen LogP) is 3.44. The highest BCUT2D eigenvalue weighted by Crippen LogP contribution is 2.37. The summed E-state index contributed by atoms with van der Waals surface area (Å²) in [6.07, 6.45) is 7.62. The molecule has 0 aromatic heterocycles. The molecule has 2 aliphatic rings. The second-order valence-corrected chi connectivity index (χ2v) is 8.33. The minimum atomic E-state index is 0.305. The van der Waals surface area contributed by atoms with E-state index in [1.165, 1.54) is 38.5 Å². The second-order valence-electron chi connectivity index (χ2n) is 8.33. The van der Waals surface area contributed by atoms with Gasteiger partial charge in [-0.25, -0.2) is 0 Å². The van der Waals surface area contributed by atoms with E-state index in [4.69, 9.17) is 0 Å². The molecule has 0 unspecified atom stereocenters. The van der Waals surface area contributed by atoms with Crippen LogP contribution in [0.15, 0.2) is 0 Å².